The number of ether oxygens (including phenoxy) is 2. The van der Waals surface area contributed by atoms with Gasteiger partial charge in [-0.1, -0.05) is 18.2 Å². The van der Waals surface area contributed by atoms with Gasteiger partial charge in [0.05, 0.1) is 7.11 Å². The number of nitrogens with zero attached hydrogens (tertiary/aromatic N) is 3. The van der Waals surface area contributed by atoms with E-state index in [1.807, 2.05) is 35.2 Å². The van der Waals surface area contributed by atoms with Gasteiger partial charge in [-0.2, -0.15) is 0 Å². The Labute approximate surface area is 148 Å². The molecule has 1 saturated heterocycles. The lowest BCUT2D eigenvalue weighted by Crippen LogP contribution is -2.49. The number of methoxy groups -OCH3 is 1. The minimum absolute atomic E-state index is 0.0230. The molecule has 0 saturated carbocycles. The lowest BCUT2D eigenvalue weighted by molar-refractivity contribution is 0.0616. The molecule has 0 bridgehead atoms. The van der Waals surface area contributed by atoms with Crippen molar-refractivity contribution in [3.63, 3.8) is 0 Å². The summed E-state index contributed by atoms with van der Waals surface area (Å²) in [6.45, 7) is 4.57. The van der Waals surface area contributed by atoms with Gasteiger partial charge in [0.1, 0.15) is 17.9 Å². The van der Waals surface area contributed by atoms with E-state index in [1.54, 1.807) is 18.3 Å². The van der Waals surface area contributed by atoms with Crippen molar-refractivity contribution in [2.45, 2.75) is 0 Å². The highest BCUT2D eigenvalue weighted by atomic mass is 16.5. The van der Waals surface area contributed by atoms with Gasteiger partial charge in [-0.05, 0) is 24.3 Å². The monoisotopic (exact) mass is 341 g/mol. The van der Waals surface area contributed by atoms with Crippen LogP contribution in [0.15, 0.2) is 48.7 Å². The number of rotatable bonds is 6. The maximum absolute atomic E-state index is 12.6. The fourth-order valence-electron chi connectivity index (χ4n) is 2.87. The molecule has 0 atom stereocenters. The molecule has 1 aliphatic heterocycles. The molecule has 1 amide bonds. The molecule has 1 aromatic carbocycles. The molecule has 0 unspecified atom stereocenters. The molecule has 0 radical (unpaired) electrons. The maximum Gasteiger partial charge on any atom is 0.259 e. The first kappa shape index (κ1) is 17.2. The molecule has 0 aliphatic carbocycles. The van der Waals surface area contributed by atoms with Gasteiger partial charge in [-0.25, -0.2) is 4.98 Å². The second-order valence-corrected chi connectivity index (χ2v) is 5.86. The molecule has 6 heteroatoms. The van der Waals surface area contributed by atoms with Crippen LogP contribution in [0.2, 0.25) is 0 Å². The van der Waals surface area contributed by atoms with Gasteiger partial charge in [0.25, 0.3) is 5.91 Å². The average Bonchev–Trinajstić information content (AvgIpc) is 2.69. The van der Waals surface area contributed by atoms with Crippen LogP contribution >= 0.6 is 0 Å². The molecule has 2 heterocycles. The molecule has 6 nitrogen and oxygen atoms in total. The Bertz CT molecular complexity index is 685. The highest BCUT2D eigenvalue weighted by Crippen LogP contribution is 2.17. The first-order valence-electron chi connectivity index (χ1n) is 8.46. The van der Waals surface area contributed by atoms with Gasteiger partial charge in [0, 0.05) is 38.9 Å². The second kappa shape index (κ2) is 8.48. The number of hydrogen-bond acceptors (Lipinski definition) is 5. The van der Waals surface area contributed by atoms with Crippen LogP contribution < -0.4 is 9.47 Å². The molecule has 1 aliphatic rings. The van der Waals surface area contributed by atoms with E-state index in [9.17, 15) is 4.79 Å². The van der Waals surface area contributed by atoms with Gasteiger partial charge in [-0.3, -0.25) is 9.69 Å². The van der Waals surface area contributed by atoms with Crippen LogP contribution in [-0.2, 0) is 0 Å². The lowest BCUT2D eigenvalue weighted by Gasteiger charge is -2.34. The predicted molar refractivity (Wildman–Crippen MR) is 95.1 cm³/mol. The fraction of sp³-hybridized carbons (Fsp3) is 0.368. The third-order valence-electron chi connectivity index (χ3n) is 4.27. The minimum Gasteiger partial charge on any atom is -0.492 e. The van der Waals surface area contributed by atoms with Crippen LogP contribution in [0.25, 0.3) is 0 Å². The molecule has 2 aromatic rings. The van der Waals surface area contributed by atoms with E-state index in [-0.39, 0.29) is 5.91 Å². The van der Waals surface area contributed by atoms with Crippen molar-refractivity contribution in [1.82, 2.24) is 14.8 Å². The van der Waals surface area contributed by atoms with E-state index >= 15 is 0 Å². The first-order chi connectivity index (χ1) is 12.3. The zero-order chi connectivity index (χ0) is 17.5. The molecule has 132 valence electrons. The molecule has 25 heavy (non-hydrogen) atoms. The summed E-state index contributed by atoms with van der Waals surface area (Å²) in [6, 6.07) is 13.3. The molecule has 3 rings (SSSR count). The Morgan fingerprint density at radius 1 is 1.08 bits per heavy atom. The zero-order valence-electron chi connectivity index (χ0n) is 14.4. The number of aromatic nitrogens is 1. The van der Waals surface area contributed by atoms with E-state index in [1.165, 1.54) is 7.11 Å². The van der Waals surface area contributed by atoms with Crippen LogP contribution in [-0.4, -0.2) is 67.1 Å². The van der Waals surface area contributed by atoms with E-state index in [0.29, 0.717) is 31.1 Å². The van der Waals surface area contributed by atoms with Crippen molar-refractivity contribution in [3.8, 4) is 11.6 Å². The molecule has 1 fully saturated rings. The van der Waals surface area contributed by atoms with E-state index < -0.39 is 0 Å². The van der Waals surface area contributed by atoms with Crippen molar-refractivity contribution in [2.75, 3.05) is 46.4 Å². The van der Waals surface area contributed by atoms with Gasteiger partial charge in [0.2, 0.25) is 5.88 Å². The number of para-hydroxylation sites is 1. The summed E-state index contributed by atoms with van der Waals surface area (Å²) in [5.74, 6) is 1.25. The summed E-state index contributed by atoms with van der Waals surface area (Å²) < 4.78 is 10.9. The Morgan fingerprint density at radius 2 is 1.84 bits per heavy atom. The number of piperazine rings is 1. The number of carbonyl (C=O) groups is 1. The normalized spacial score (nSPS) is 15.0. The Hall–Kier alpha value is -2.60. The molecule has 0 N–H and O–H groups in total. The smallest absolute Gasteiger partial charge is 0.259 e. The topological polar surface area (TPSA) is 54.9 Å². The van der Waals surface area contributed by atoms with Gasteiger partial charge >= 0.3 is 0 Å². The third kappa shape index (κ3) is 4.48. The highest BCUT2D eigenvalue weighted by molar-refractivity contribution is 5.96. The molecule has 0 spiro atoms. The number of carbonyl (C=O) groups excluding carboxylic acids is 1. The second-order valence-electron chi connectivity index (χ2n) is 5.86. The molecule has 1 aromatic heterocycles. The number of benzene rings is 1. The third-order valence-corrected chi connectivity index (χ3v) is 4.27. The Balaban J connectivity index is 1.46. The lowest BCUT2D eigenvalue weighted by atomic mass is 10.2. The van der Waals surface area contributed by atoms with Crippen molar-refractivity contribution in [2.24, 2.45) is 0 Å². The number of hydrogen-bond donors (Lipinski definition) is 0. The van der Waals surface area contributed by atoms with Gasteiger partial charge < -0.3 is 14.4 Å². The summed E-state index contributed by atoms with van der Waals surface area (Å²) >= 11 is 0. The van der Waals surface area contributed by atoms with Crippen LogP contribution in [0.4, 0.5) is 0 Å². The minimum atomic E-state index is -0.0230. The maximum atomic E-state index is 12.6. The van der Waals surface area contributed by atoms with Crippen molar-refractivity contribution in [1.29, 1.82) is 0 Å². The van der Waals surface area contributed by atoms with E-state index in [0.717, 1.165) is 25.4 Å². The first-order valence-corrected chi connectivity index (χ1v) is 8.46. The van der Waals surface area contributed by atoms with Crippen molar-refractivity contribution < 1.29 is 14.3 Å². The number of amides is 1. The molecular weight excluding hydrogens is 318 g/mol. The van der Waals surface area contributed by atoms with Gasteiger partial charge in [0.15, 0.2) is 0 Å². The van der Waals surface area contributed by atoms with Crippen LogP contribution in [0.5, 0.6) is 11.6 Å². The SMILES string of the molecule is COc1ncccc1C(=O)N1CCN(CCOc2ccccc2)CC1. The predicted octanol–water partition coefficient (Wildman–Crippen LogP) is 1.93. The van der Waals surface area contributed by atoms with Crippen LogP contribution in [0, 0.1) is 0 Å². The zero-order valence-corrected chi connectivity index (χ0v) is 14.4. The fourth-order valence-corrected chi connectivity index (χ4v) is 2.87. The highest BCUT2D eigenvalue weighted by Gasteiger charge is 2.24. The summed E-state index contributed by atoms with van der Waals surface area (Å²) in [4.78, 5) is 20.9. The largest absolute Gasteiger partial charge is 0.492 e. The Kier molecular flexibility index (Phi) is 5.85. The molecular formula is C19H23N3O3. The Morgan fingerprint density at radius 3 is 2.56 bits per heavy atom. The summed E-state index contributed by atoms with van der Waals surface area (Å²) in [6.07, 6.45) is 1.63. The van der Waals surface area contributed by atoms with Crippen LogP contribution in [0.3, 0.4) is 0 Å². The summed E-state index contributed by atoms with van der Waals surface area (Å²) in [5.41, 5.74) is 0.519. The van der Waals surface area contributed by atoms with E-state index in [4.69, 9.17) is 9.47 Å². The standard InChI is InChI=1S/C19H23N3O3/c1-24-18-17(8-5-9-20-18)19(23)22-12-10-21(11-13-22)14-15-25-16-6-3-2-4-7-16/h2-9H,10-15H2,1H3. The summed E-state index contributed by atoms with van der Waals surface area (Å²) in [7, 11) is 1.53. The van der Waals surface area contributed by atoms with Crippen molar-refractivity contribution in [3.05, 3.63) is 54.2 Å². The van der Waals surface area contributed by atoms with Gasteiger partial charge in [-0.15, -0.1) is 0 Å². The van der Waals surface area contributed by atoms with Crippen LogP contribution in [0.1, 0.15) is 10.4 Å². The number of pyridine rings is 1. The average molecular weight is 341 g/mol. The summed E-state index contributed by atoms with van der Waals surface area (Å²) in [5, 5.41) is 0. The van der Waals surface area contributed by atoms with E-state index in [2.05, 4.69) is 9.88 Å². The van der Waals surface area contributed by atoms with Crippen molar-refractivity contribution >= 4 is 5.91 Å². The quantitative estimate of drug-likeness (QED) is 0.804.